The van der Waals surface area contributed by atoms with E-state index in [4.69, 9.17) is 14.2 Å². The van der Waals surface area contributed by atoms with Gasteiger partial charge in [0.05, 0.1) is 18.8 Å². The number of aliphatic hydroxyl groups excluding tert-OH is 1. The molecule has 12 atom stereocenters. The van der Waals surface area contributed by atoms with Crippen LogP contribution < -0.4 is 0 Å². The minimum atomic E-state index is -0.802. The topological polar surface area (TPSA) is 65.0 Å². The number of ketones is 1. The second-order valence-electron chi connectivity index (χ2n) is 13.6. The van der Waals surface area contributed by atoms with E-state index in [9.17, 15) is 9.90 Å². The van der Waals surface area contributed by atoms with Gasteiger partial charge in [-0.1, -0.05) is 27.7 Å². The van der Waals surface area contributed by atoms with Crippen LogP contribution in [0.15, 0.2) is 0 Å². The lowest BCUT2D eigenvalue weighted by Gasteiger charge is -2.64. The fourth-order valence-corrected chi connectivity index (χ4v) is 10.6. The molecule has 6 fully saturated rings. The Morgan fingerprint density at radius 2 is 1.88 bits per heavy atom. The molecule has 34 heavy (non-hydrogen) atoms. The first kappa shape index (κ1) is 23.9. The molecular weight excluding hydrogens is 428 g/mol. The molecule has 4 saturated carbocycles. The van der Waals surface area contributed by atoms with Crippen LogP contribution in [0.3, 0.4) is 0 Å². The molecule has 0 aromatic rings. The Bertz CT molecular complexity index is 834. The molecule has 0 unspecified atom stereocenters. The second-order valence-corrected chi connectivity index (χ2v) is 13.6. The van der Waals surface area contributed by atoms with E-state index in [-0.39, 0.29) is 28.5 Å². The van der Waals surface area contributed by atoms with Crippen molar-refractivity contribution in [3.63, 3.8) is 0 Å². The van der Waals surface area contributed by atoms with Crippen LogP contribution in [0, 0.1) is 46.3 Å². The van der Waals surface area contributed by atoms with E-state index < -0.39 is 11.7 Å². The highest BCUT2D eigenvalue weighted by Gasteiger charge is 2.72. The first-order chi connectivity index (χ1) is 16.1. The maximum atomic E-state index is 13.9. The summed E-state index contributed by atoms with van der Waals surface area (Å²) in [5.41, 5.74) is -0.779. The maximum absolute atomic E-state index is 13.9. The Balaban J connectivity index is 1.31. The normalized spacial score (nSPS) is 58.8. The van der Waals surface area contributed by atoms with E-state index in [0.717, 1.165) is 38.7 Å². The number of carbonyl (C=O) groups excluding carboxylic acids is 1. The van der Waals surface area contributed by atoms with Crippen molar-refractivity contribution in [3.8, 4) is 0 Å². The molecule has 0 bridgehead atoms. The van der Waals surface area contributed by atoms with E-state index in [1.807, 2.05) is 6.92 Å². The molecule has 5 heteroatoms. The summed E-state index contributed by atoms with van der Waals surface area (Å²) >= 11 is 0. The van der Waals surface area contributed by atoms with Crippen LogP contribution in [-0.4, -0.2) is 47.7 Å². The third-order valence-corrected chi connectivity index (χ3v) is 12.2. The number of hydrogen-bond acceptors (Lipinski definition) is 5. The van der Waals surface area contributed by atoms with E-state index in [0.29, 0.717) is 55.0 Å². The van der Waals surface area contributed by atoms with Crippen LogP contribution in [0.25, 0.3) is 0 Å². The minimum absolute atomic E-state index is 0.183. The zero-order chi connectivity index (χ0) is 24.1. The van der Waals surface area contributed by atoms with Crippen molar-refractivity contribution in [3.05, 3.63) is 0 Å². The molecular formula is C29H46O5. The van der Waals surface area contributed by atoms with E-state index in [2.05, 4.69) is 27.7 Å². The molecule has 6 rings (SSSR count). The van der Waals surface area contributed by atoms with E-state index in [1.165, 1.54) is 12.8 Å². The van der Waals surface area contributed by atoms with Crippen LogP contribution in [0.5, 0.6) is 0 Å². The Morgan fingerprint density at radius 3 is 2.59 bits per heavy atom. The fourth-order valence-electron chi connectivity index (χ4n) is 10.6. The van der Waals surface area contributed by atoms with Crippen LogP contribution in [0.4, 0.5) is 0 Å². The Morgan fingerprint density at radius 1 is 1.09 bits per heavy atom. The Kier molecular flexibility index (Phi) is 5.45. The summed E-state index contributed by atoms with van der Waals surface area (Å²) in [6.07, 6.45) is 8.23. The van der Waals surface area contributed by atoms with Gasteiger partial charge >= 0.3 is 0 Å². The number of hydrogen-bond donors (Lipinski definition) is 1. The number of rotatable bonds is 2. The summed E-state index contributed by atoms with van der Waals surface area (Å²) < 4.78 is 19.7. The van der Waals surface area contributed by atoms with Gasteiger partial charge in [-0.05, 0) is 80.5 Å². The number of fused-ring (bicyclic) bond motifs is 7. The van der Waals surface area contributed by atoms with Crippen molar-refractivity contribution in [1.82, 2.24) is 0 Å². The Labute approximate surface area is 205 Å². The highest BCUT2D eigenvalue weighted by Crippen LogP contribution is 2.71. The van der Waals surface area contributed by atoms with Crippen LogP contribution in [0.2, 0.25) is 0 Å². The van der Waals surface area contributed by atoms with Gasteiger partial charge in [-0.3, -0.25) is 4.79 Å². The summed E-state index contributed by atoms with van der Waals surface area (Å²) in [5, 5.41) is 10.6. The number of aliphatic hydroxyl groups is 1. The molecule has 1 N–H and O–H groups in total. The van der Waals surface area contributed by atoms with Gasteiger partial charge in [-0.2, -0.15) is 0 Å². The molecule has 1 spiro atoms. The average Bonchev–Trinajstić information content (AvgIpc) is 3.23. The lowest BCUT2D eigenvalue weighted by atomic mass is 9.42. The standard InChI is InChI=1S/C29H46O5/c1-6-32-28-15-19(30)8-11-27(28,5)21-9-10-26(4)22(20(21)13-24(28)31)14-23-25(26)18(3)29(34-23)12-7-17(2)16-33-29/h17-23,25,30H,6-16H2,1-5H3/t17-,18+,19+,20-,21+,22+,23+,25+,26+,27-,28+,29-/m1/s1. The van der Waals surface area contributed by atoms with Crippen LogP contribution in [-0.2, 0) is 19.0 Å². The molecule has 0 aromatic heterocycles. The summed E-state index contributed by atoms with van der Waals surface area (Å²) in [6, 6.07) is 0. The molecule has 0 amide bonds. The van der Waals surface area contributed by atoms with Gasteiger partial charge in [0, 0.05) is 37.2 Å². The number of carbonyl (C=O) groups is 1. The largest absolute Gasteiger partial charge is 0.393 e. The van der Waals surface area contributed by atoms with Crippen molar-refractivity contribution >= 4 is 5.78 Å². The zero-order valence-electron chi connectivity index (χ0n) is 22.0. The van der Waals surface area contributed by atoms with Gasteiger partial charge in [0.2, 0.25) is 0 Å². The summed E-state index contributed by atoms with van der Waals surface area (Å²) in [7, 11) is 0. The van der Waals surface area contributed by atoms with Crippen molar-refractivity contribution in [2.45, 2.75) is 116 Å². The van der Waals surface area contributed by atoms with Gasteiger partial charge in [-0.15, -0.1) is 0 Å². The monoisotopic (exact) mass is 474 g/mol. The molecule has 5 nitrogen and oxygen atoms in total. The molecule has 2 heterocycles. The van der Waals surface area contributed by atoms with Gasteiger partial charge in [0.25, 0.3) is 0 Å². The van der Waals surface area contributed by atoms with Crippen molar-refractivity contribution in [2.75, 3.05) is 13.2 Å². The molecule has 2 aliphatic heterocycles. The molecule has 2 saturated heterocycles. The molecule has 6 aliphatic rings. The quantitative estimate of drug-likeness (QED) is 0.601. The summed E-state index contributed by atoms with van der Waals surface area (Å²) in [4.78, 5) is 13.9. The highest BCUT2D eigenvalue weighted by atomic mass is 16.7. The van der Waals surface area contributed by atoms with Crippen LogP contribution >= 0.6 is 0 Å². The second kappa shape index (κ2) is 7.76. The van der Waals surface area contributed by atoms with Gasteiger partial charge in [0.1, 0.15) is 5.60 Å². The number of ether oxygens (including phenoxy) is 3. The van der Waals surface area contributed by atoms with E-state index >= 15 is 0 Å². The van der Waals surface area contributed by atoms with Crippen LogP contribution in [0.1, 0.15) is 92.4 Å². The third-order valence-electron chi connectivity index (χ3n) is 12.2. The smallest absolute Gasteiger partial charge is 0.171 e. The summed E-state index contributed by atoms with van der Waals surface area (Å²) in [5.74, 6) is 2.82. The molecule has 4 aliphatic carbocycles. The van der Waals surface area contributed by atoms with Gasteiger partial charge in [0.15, 0.2) is 11.6 Å². The maximum Gasteiger partial charge on any atom is 0.171 e. The lowest BCUT2D eigenvalue weighted by molar-refractivity contribution is -0.274. The predicted octanol–water partition coefficient (Wildman–Crippen LogP) is 5.13. The summed E-state index contributed by atoms with van der Waals surface area (Å²) in [6.45, 7) is 12.8. The lowest BCUT2D eigenvalue weighted by Crippen LogP contribution is -2.68. The predicted molar refractivity (Wildman–Crippen MR) is 129 cm³/mol. The number of Topliss-reactive ketones (excluding diaryl/α,β-unsaturated/α-hetero) is 1. The zero-order valence-corrected chi connectivity index (χ0v) is 22.0. The van der Waals surface area contributed by atoms with Crippen molar-refractivity contribution in [1.29, 1.82) is 0 Å². The Hall–Kier alpha value is -0.490. The third kappa shape index (κ3) is 2.90. The minimum Gasteiger partial charge on any atom is -0.393 e. The van der Waals surface area contributed by atoms with E-state index in [1.54, 1.807) is 0 Å². The molecule has 0 radical (unpaired) electrons. The highest BCUT2D eigenvalue weighted by molar-refractivity contribution is 5.90. The first-order valence-corrected chi connectivity index (χ1v) is 14.3. The fraction of sp³-hybridized carbons (Fsp3) is 0.966. The molecule has 0 aromatic carbocycles. The first-order valence-electron chi connectivity index (χ1n) is 14.3. The average molecular weight is 475 g/mol. The SMILES string of the molecule is CCO[C@]12C[C@@H](O)CC[C@]1(C)[C@H]1CC[C@]3(C)[C@@H]4[C@H](C[C@H]3[C@@H]1CC2=O)O[C@]1(CC[C@@H](C)CO1)[C@H]4C. The van der Waals surface area contributed by atoms with Gasteiger partial charge in [-0.25, -0.2) is 0 Å². The van der Waals surface area contributed by atoms with Crippen molar-refractivity contribution in [2.24, 2.45) is 46.3 Å². The molecule has 192 valence electrons. The van der Waals surface area contributed by atoms with Gasteiger partial charge < -0.3 is 19.3 Å². The van der Waals surface area contributed by atoms with Crippen molar-refractivity contribution < 1.29 is 24.1 Å².